The maximum absolute atomic E-state index is 3.67. The van der Waals surface area contributed by atoms with Gasteiger partial charge in [-0.15, -0.1) is 0 Å². The van der Waals surface area contributed by atoms with Crippen LogP contribution in [-0.2, 0) is 6.42 Å². The fourth-order valence-electron chi connectivity index (χ4n) is 2.93. The van der Waals surface area contributed by atoms with Gasteiger partial charge in [-0.05, 0) is 36.5 Å². The Kier molecular flexibility index (Phi) is 5.90. The molecule has 2 nitrogen and oxygen atoms in total. The largest absolute Gasteiger partial charge is 0.369 e. The SMILES string of the molecule is CCCCc1ccc(N2CCNC(C(C)CC)C2)cc1. The molecule has 1 aliphatic heterocycles. The van der Waals surface area contributed by atoms with Crippen LogP contribution in [0.4, 0.5) is 5.69 Å². The van der Waals surface area contributed by atoms with E-state index in [1.54, 1.807) is 0 Å². The van der Waals surface area contributed by atoms with Crippen molar-refractivity contribution in [2.75, 3.05) is 24.5 Å². The van der Waals surface area contributed by atoms with Gasteiger partial charge in [0.15, 0.2) is 0 Å². The Bertz CT molecular complexity index is 385. The molecular weight excluding hydrogens is 244 g/mol. The first kappa shape index (κ1) is 15.4. The highest BCUT2D eigenvalue weighted by Gasteiger charge is 2.23. The van der Waals surface area contributed by atoms with Crippen molar-refractivity contribution in [3.05, 3.63) is 29.8 Å². The quantitative estimate of drug-likeness (QED) is 0.847. The molecule has 0 aromatic heterocycles. The molecular formula is C18H30N2. The molecule has 112 valence electrons. The second kappa shape index (κ2) is 7.68. The van der Waals surface area contributed by atoms with E-state index in [1.165, 1.54) is 36.9 Å². The summed E-state index contributed by atoms with van der Waals surface area (Å²) in [6.45, 7) is 10.3. The summed E-state index contributed by atoms with van der Waals surface area (Å²) in [6, 6.07) is 9.87. The first-order chi connectivity index (χ1) is 9.74. The van der Waals surface area contributed by atoms with Gasteiger partial charge in [0.1, 0.15) is 0 Å². The van der Waals surface area contributed by atoms with Gasteiger partial charge in [-0.1, -0.05) is 45.7 Å². The summed E-state index contributed by atoms with van der Waals surface area (Å²) >= 11 is 0. The van der Waals surface area contributed by atoms with E-state index in [0.29, 0.717) is 6.04 Å². The van der Waals surface area contributed by atoms with Crippen LogP contribution in [0.5, 0.6) is 0 Å². The monoisotopic (exact) mass is 274 g/mol. The van der Waals surface area contributed by atoms with E-state index in [-0.39, 0.29) is 0 Å². The molecule has 2 unspecified atom stereocenters. The summed E-state index contributed by atoms with van der Waals surface area (Å²) in [5, 5.41) is 3.67. The highest BCUT2D eigenvalue weighted by atomic mass is 15.2. The van der Waals surface area contributed by atoms with Crippen LogP contribution in [-0.4, -0.2) is 25.7 Å². The van der Waals surface area contributed by atoms with Crippen molar-refractivity contribution in [3.8, 4) is 0 Å². The second-order valence-electron chi connectivity index (χ2n) is 6.16. The Morgan fingerprint density at radius 3 is 2.65 bits per heavy atom. The average Bonchev–Trinajstić information content (AvgIpc) is 2.52. The Morgan fingerprint density at radius 2 is 2.00 bits per heavy atom. The van der Waals surface area contributed by atoms with Crippen molar-refractivity contribution in [1.82, 2.24) is 5.32 Å². The summed E-state index contributed by atoms with van der Waals surface area (Å²) in [6.07, 6.45) is 5.04. The average molecular weight is 274 g/mol. The molecule has 1 N–H and O–H groups in total. The van der Waals surface area contributed by atoms with Gasteiger partial charge in [-0.3, -0.25) is 0 Å². The molecule has 1 aromatic carbocycles. The topological polar surface area (TPSA) is 15.3 Å². The number of piperazine rings is 1. The molecule has 1 saturated heterocycles. The number of hydrogen-bond donors (Lipinski definition) is 1. The number of nitrogens with zero attached hydrogens (tertiary/aromatic N) is 1. The van der Waals surface area contributed by atoms with Crippen molar-refractivity contribution in [3.63, 3.8) is 0 Å². The van der Waals surface area contributed by atoms with E-state index in [9.17, 15) is 0 Å². The van der Waals surface area contributed by atoms with Crippen LogP contribution in [0.15, 0.2) is 24.3 Å². The molecule has 0 radical (unpaired) electrons. The molecule has 20 heavy (non-hydrogen) atoms. The van der Waals surface area contributed by atoms with Gasteiger partial charge in [0.05, 0.1) is 0 Å². The van der Waals surface area contributed by atoms with Crippen LogP contribution in [0.1, 0.15) is 45.6 Å². The lowest BCUT2D eigenvalue weighted by Crippen LogP contribution is -2.53. The summed E-state index contributed by atoms with van der Waals surface area (Å²) in [7, 11) is 0. The molecule has 0 bridgehead atoms. The zero-order chi connectivity index (χ0) is 14.4. The Labute approximate surface area is 124 Å². The standard InChI is InChI=1S/C18H30N2/c1-4-6-7-16-8-10-17(11-9-16)20-13-12-19-18(14-20)15(3)5-2/h8-11,15,18-19H,4-7,12-14H2,1-3H3. The minimum atomic E-state index is 0.633. The summed E-state index contributed by atoms with van der Waals surface area (Å²) < 4.78 is 0. The molecule has 2 heteroatoms. The van der Waals surface area contributed by atoms with Crippen LogP contribution < -0.4 is 10.2 Å². The van der Waals surface area contributed by atoms with Gasteiger partial charge >= 0.3 is 0 Å². The summed E-state index contributed by atoms with van der Waals surface area (Å²) in [5.41, 5.74) is 2.87. The number of unbranched alkanes of at least 4 members (excludes halogenated alkanes) is 1. The Balaban J connectivity index is 1.96. The first-order valence-corrected chi connectivity index (χ1v) is 8.31. The zero-order valence-corrected chi connectivity index (χ0v) is 13.4. The molecule has 0 saturated carbocycles. The minimum Gasteiger partial charge on any atom is -0.369 e. The van der Waals surface area contributed by atoms with E-state index >= 15 is 0 Å². The fourth-order valence-corrected chi connectivity index (χ4v) is 2.93. The maximum Gasteiger partial charge on any atom is 0.0367 e. The molecule has 1 heterocycles. The predicted molar refractivity (Wildman–Crippen MR) is 88.5 cm³/mol. The van der Waals surface area contributed by atoms with Gasteiger partial charge in [-0.2, -0.15) is 0 Å². The Hall–Kier alpha value is -1.02. The molecule has 2 atom stereocenters. The molecule has 0 aliphatic carbocycles. The van der Waals surface area contributed by atoms with Crippen LogP contribution in [0, 0.1) is 5.92 Å². The van der Waals surface area contributed by atoms with E-state index in [2.05, 4.69) is 55.3 Å². The van der Waals surface area contributed by atoms with Gasteiger partial charge in [-0.25, -0.2) is 0 Å². The molecule has 1 fully saturated rings. The molecule has 2 rings (SSSR count). The van der Waals surface area contributed by atoms with Crippen molar-refractivity contribution in [2.45, 2.75) is 52.5 Å². The summed E-state index contributed by atoms with van der Waals surface area (Å²) in [4.78, 5) is 2.54. The molecule has 0 spiro atoms. The normalized spacial score (nSPS) is 20.9. The predicted octanol–water partition coefficient (Wildman–Crippen LogP) is 3.85. The minimum absolute atomic E-state index is 0.633. The molecule has 0 amide bonds. The van der Waals surface area contributed by atoms with E-state index in [4.69, 9.17) is 0 Å². The first-order valence-electron chi connectivity index (χ1n) is 8.31. The number of anilines is 1. The zero-order valence-electron chi connectivity index (χ0n) is 13.4. The summed E-state index contributed by atoms with van der Waals surface area (Å²) in [5.74, 6) is 0.752. The highest BCUT2D eigenvalue weighted by molar-refractivity contribution is 5.48. The number of rotatable bonds is 6. The molecule has 1 aromatic rings. The van der Waals surface area contributed by atoms with Crippen LogP contribution in [0.3, 0.4) is 0 Å². The number of hydrogen-bond acceptors (Lipinski definition) is 2. The molecule has 1 aliphatic rings. The van der Waals surface area contributed by atoms with Gasteiger partial charge < -0.3 is 10.2 Å². The van der Waals surface area contributed by atoms with Gasteiger partial charge in [0, 0.05) is 31.4 Å². The lowest BCUT2D eigenvalue weighted by Gasteiger charge is -2.38. The second-order valence-corrected chi connectivity index (χ2v) is 6.16. The van der Waals surface area contributed by atoms with E-state index in [0.717, 1.165) is 25.6 Å². The van der Waals surface area contributed by atoms with E-state index < -0.39 is 0 Å². The lowest BCUT2D eigenvalue weighted by molar-refractivity contribution is 0.342. The van der Waals surface area contributed by atoms with Gasteiger partial charge in [0.2, 0.25) is 0 Å². The highest BCUT2D eigenvalue weighted by Crippen LogP contribution is 2.20. The van der Waals surface area contributed by atoms with Crippen LogP contribution in [0.2, 0.25) is 0 Å². The third-order valence-electron chi connectivity index (χ3n) is 4.66. The fraction of sp³-hybridized carbons (Fsp3) is 0.667. The van der Waals surface area contributed by atoms with Crippen molar-refractivity contribution in [2.24, 2.45) is 5.92 Å². The number of aryl methyl sites for hydroxylation is 1. The third-order valence-corrected chi connectivity index (χ3v) is 4.66. The lowest BCUT2D eigenvalue weighted by atomic mass is 9.97. The van der Waals surface area contributed by atoms with E-state index in [1.807, 2.05) is 0 Å². The van der Waals surface area contributed by atoms with Gasteiger partial charge in [0.25, 0.3) is 0 Å². The van der Waals surface area contributed by atoms with Crippen molar-refractivity contribution < 1.29 is 0 Å². The van der Waals surface area contributed by atoms with Crippen LogP contribution in [0.25, 0.3) is 0 Å². The Morgan fingerprint density at radius 1 is 1.25 bits per heavy atom. The van der Waals surface area contributed by atoms with Crippen molar-refractivity contribution >= 4 is 5.69 Å². The maximum atomic E-state index is 3.67. The smallest absolute Gasteiger partial charge is 0.0367 e. The number of nitrogens with one attached hydrogen (secondary N) is 1. The third kappa shape index (κ3) is 3.99. The number of benzene rings is 1. The van der Waals surface area contributed by atoms with Crippen molar-refractivity contribution in [1.29, 1.82) is 0 Å². The van der Waals surface area contributed by atoms with Crippen LogP contribution >= 0.6 is 0 Å².